The van der Waals surface area contributed by atoms with Crippen molar-refractivity contribution in [2.45, 2.75) is 13.1 Å². The first-order chi connectivity index (χ1) is 12.2. The van der Waals surface area contributed by atoms with Gasteiger partial charge in [-0.1, -0.05) is 12.1 Å². The highest BCUT2D eigenvalue weighted by Gasteiger charge is 2.34. The third kappa shape index (κ3) is 2.73. The minimum absolute atomic E-state index is 0.0151. The monoisotopic (exact) mass is 342 g/mol. The van der Waals surface area contributed by atoms with Crippen molar-refractivity contribution in [3.05, 3.63) is 47.5 Å². The van der Waals surface area contributed by atoms with Crippen molar-refractivity contribution >= 4 is 11.6 Å². The van der Waals surface area contributed by atoms with Crippen LogP contribution in [0.15, 0.2) is 36.4 Å². The van der Waals surface area contributed by atoms with Gasteiger partial charge in [0, 0.05) is 17.8 Å². The predicted molar refractivity (Wildman–Crippen MR) is 95.6 cm³/mol. The molecule has 0 fully saturated rings. The number of nitrogens with one attached hydrogen (secondary N) is 1. The van der Waals surface area contributed by atoms with Crippen molar-refractivity contribution in [3.8, 4) is 17.2 Å². The van der Waals surface area contributed by atoms with Gasteiger partial charge in [-0.15, -0.1) is 0 Å². The predicted octanol–water partition coefficient (Wildman–Crippen LogP) is 3.30. The largest absolute Gasteiger partial charge is 0.493 e. The van der Waals surface area contributed by atoms with E-state index in [1.54, 1.807) is 26.2 Å². The zero-order valence-corrected chi connectivity index (χ0v) is 14.8. The maximum atomic E-state index is 12.9. The van der Waals surface area contributed by atoms with Crippen LogP contribution in [0.3, 0.4) is 0 Å². The summed E-state index contributed by atoms with van der Waals surface area (Å²) in [4.78, 5) is 14.7. The van der Waals surface area contributed by atoms with E-state index >= 15 is 0 Å². The van der Waals surface area contributed by atoms with Gasteiger partial charge in [-0.3, -0.25) is 4.79 Å². The number of para-hydroxylation sites is 1. The fraction of sp³-hybridized carbons (Fsp3) is 0.316. The number of methoxy groups -OCH3 is 3. The van der Waals surface area contributed by atoms with Gasteiger partial charge in [0.15, 0.2) is 11.5 Å². The molecule has 0 aromatic heterocycles. The van der Waals surface area contributed by atoms with Crippen molar-refractivity contribution in [1.82, 2.24) is 4.90 Å². The van der Waals surface area contributed by atoms with Crippen LogP contribution < -0.4 is 19.5 Å². The molecule has 1 N–H and O–H groups in total. The first kappa shape index (κ1) is 17.0. The molecule has 2 aromatic rings. The van der Waals surface area contributed by atoms with E-state index in [1.807, 2.05) is 43.3 Å². The van der Waals surface area contributed by atoms with Crippen LogP contribution >= 0.6 is 0 Å². The molecule has 6 nitrogen and oxygen atoms in total. The number of anilines is 1. The van der Waals surface area contributed by atoms with E-state index in [2.05, 4.69) is 5.32 Å². The Morgan fingerprint density at radius 1 is 1.00 bits per heavy atom. The molecule has 1 amide bonds. The molecule has 1 heterocycles. The fourth-order valence-corrected chi connectivity index (χ4v) is 3.20. The number of amides is 1. The molecule has 132 valence electrons. The maximum Gasteiger partial charge on any atom is 0.257 e. The first-order valence-electron chi connectivity index (χ1n) is 8.11. The summed E-state index contributed by atoms with van der Waals surface area (Å²) >= 11 is 0. The van der Waals surface area contributed by atoms with E-state index in [-0.39, 0.29) is 12.1 Å². The number of carbonyl (C=O) groups excluding carboxylic acids is 1. The van der Waals surface area contributed by atoms with Crippen LogP contribution in [-0.4, -0.2) is 38.7 Å². The lowest BCUT2D eigenvalue weighted by Gasteiger charge is -2.38. The normalized spacial score (nSPS) is 16.1. The molecule has 1 unspecified atom stereocenters. The summed E-state index contributed by atoms with van der Waals surface area (Å²) in [5, 5.41) is 3.44. The average Bonchev–Trinajstić information content (AvgIpc) is 2.66. The van der Waals surface area contributed by atoms with E-state index in [0.29, 0.717) is 29.4 Å². The Labute approximate surface area is 147 Å². The molecule has 3 rings (SSSR count). The number of carbonyl (C=O) groups is 1. The van der Waals surface area contributed by atoms with E-state index < -0.39 is 0 Å². The highest BCUT2D eigenvalue weighted by atomic mass is 16.5. The van der Waals surface area contributed by atoms with Crippen molar-refractivity contribution in [2.75, 3.05) is 33.2 Å². The quantitative estimate of drug-likeness (QED) is 0.903. The minimum atomic E-state index is -0.359. The molecule has 1 aliphatic rings. The molecule has 0 aliphatic carbocycles. The molecular weight excluding hydrogens is 320 g/mol. The van der Waals surface area contributed by atoms with E-state index in [0.717, 1.165) is 11.3 Å². The Balaban J connectivity index is 2.14. The van der Waals surface area contributed by atoms with Crippen LogP contribution in [0, 0.1) is 0 Å². The van der Waals surface area contributed by atoms with E-state index in [1.165, 1.54) is 0 Å². The van der Waals surface area contributed by atoms with Crippen LogP contribution in [0.5, 0.6) is 17.2 Å². The number of ether oxygens (including phenoxy) is 3. The van der Waals surface area contributed by atoms with Crippen molar-refractivity contribution in [3.63, 3.8) is 0 Å². The van der Waals surface area contributed by atoms with Gasteiger partial charge in [-0.05, 0) is 31.2 Å². The molecule has 0 bridgehead atoms. The number of benzene rings is 2. The zero-order valence-electron chi connectivity index (χ0n) is 14.8. The van der Waals surface area contributed by atoms with E-state index in [4.69, 9.17) is 14.2 Å². The van der Waals surface area contributed by atoms with Crippen LogP contribution in [0.4, 0.5) is 5.69 Å². The number of fused-ring (bicyclic) bond motifs is 1. The summed E-state index contributed by atoms with van der Waals surface area (Å²) in [5.74, 6) is 1.61. The van der Waals surface area contributed by atoms with Gasteiger partial charge in [-0.25, -0.2) is 0 Å². The Hall–Kier alpha value is -2.89. The molecule has 1 atom stereocenters. The number of nitrogens with zero attached hydrogens (tertiary/aromatic N) is 1. The van der Waals surface area contributed by atoms with Gasteiger partial charge in [0.25, 0.3) is 5.91 Å². The summed E-state index contributed by atoms with van der Waals surface area (Å²) in [6.45, 7) is 2.51. The highest BCUT2D eigenvalue weighted by Crippen LogP contribution is 2.45. The molecule has 6 heteroatoms. The lowest BCUT2D eigenvalue weighted by atomic mass is 10.0. The standard InChI is InChI=1S/C19H22N2O4/c1-5-21-18(20-14-9-7-6-8-12(14)19(21)22)13-10-11-15(23-2)17(25-4)16(13)24-3/h6-11,18,20H,5H2,1-4H3. The molecule has 0 radical (unpaired) electrons. The fourth-order valence-electron chi connectivity index (χ4n) is 3.20. The first-order valence-corrected chi connectivity index (χ1v) is 8.11. The van der Waals surface area contributed by atoms with Crippen LogP contribution in [0.25, 0.3) is 0 Å². The SMILES string of the molecule is CCN1C(=O)c2ccccc2NC1c1ccc(OC)c(OC)c1OC. The second kappa shape index (κ2) is 6.93. The highest BCUT2D eigenvalue weighted by molar-refractivity contribution is 6.01. The molecule has 0 saturated carbocycles. The smallest absolute Gasteiger partial charge is 0.257 e. The Morgan fingerprint density at radius 3 is 2.36 bits per heavy atom. The Bertz CT molecular complexity index is 791. The Kier molecular flexibility index (Phi) is 4.70. The molecule has 1 aliphatic heterocycles. The van der Waals surface area contributed by atoms with Gasteiger partial charge in [0.1, 0.15) is 6.17 Å². The molecule has 0 saturated heterocycles. The topological polar surface area (TPSA) is 60.0 Å². The second-order valence-electron chi connectivity index (χ2n) is 5.61. The van der Waals surface area contributed by atoms with Crippen molar-refractivity contribution in [2.24, 2.45) is 0 Å². The van der Waals surface area contributed by atoms with Crippen molar-refractivity contribution < 1.29 is 19.0 Å². The molecule has 25 heavy (non-hydrogen) atoms. The Morgan fingerprint density at radius 2 is 1.72 bits per heavy atom. The van der Waals surface area contributed by atoms with E-state index in [9.17, 15) is 4.79 Å². The maximum absolute atomic E-state index is 12.9. The number of rotatable bonds is 5. The van der Waals surface area contributed by atoms with Crippen LogP contribution in [0.2, 0.25) is 0 Å². The zero-order chi connectivity index (χ0) is 18.0. The van der Waals surface area contributed by atoms with Gasteiger partial charge in [-0.2, -0.15) is 0 Å². The number of hydrogen-bond donors (Lipinski definition) is 1. The second-order valence-corrected chi connectivity index (χ2v) is 5.61. The molecule has 2 aromatic carbocycles. The summed E-state index contributed by atoms with van der Waals surface area (Å²) < 4.78 is 16.4. The van der Waals surface area contributed by atoms with Gasteiger partial charge >= 0.3 is 0 Å². The van der Waals surface area contributed by atoms with Crippen LogP contribution in [-0.2, 0) is 0 Å². The summed E-state index contributed by atoms with van der Waals surface area (Å²) in [6.07, 6.45) is -0.359. The summed E-state index contributed by atoms with van der Waals surface area (Å²) in [7, 11) is 4.72. The van der Waals surface area contributed by atoms with Gasteiger partial charge in [0.05, 0.1) is 26.9 Å². The lowest BCUT2D eigenvalue weighted by molar-refractivity contribution is 0.0692. The number of hydrogen-bond acceptors (Lipinski definition) is 5. The lowest BCUT2D eigenvalue weighted by Crippen LogP contribution is -2.42. The van der Waals surface area contributed by atoms with Crippen molar-refractivity contribution in [1.29, 1.82) is 0 Å². The summed E-state index contributed by atoms with van der Waals surface area (Å²) in [5.41, 5.74) is 2.28. The molecular formula is C19H22N2O4. The molecule has 0 spiro atoms. The summed E-state index contributed by atoms with van der Waals surface area (Å²) in [6, 6.07) is 11.2. The van der Waals surface area contributed by atoms with Gasteiger partial charge < -0.3 is 24.4 Å². The minimum Gasteiger partial charge on any atom is -0.493 e. The van der Waals surface area contributed by atoms with Crippen LogP contribution in [0.1, 0.15) is 29.0 Å². The third-order valence-electron chi connectivity index (χ3n) is 4.39. The average molecular weight is 342 g/mol. The third-order valence-corrected chi connectivity index (χ3v) is 4.39. The van der Waals surface area contributed by atoms with Gasteiger partial charge in [0.2, 0.25) is 5.75 Å².